The van der Waals surface area contributed by atoms with Gasteiger partial charge in [0.25, 0.3) is 0 Å². The fourth-order valence-electron chi connectivity index (χ4n) is 0.368. The van der Waals surface area contributed by atoms with E-state index in [1.54, 1.807) is 6.07 Å². The second kappa shape index (κ2) is 7.15. The van der Waals surface area contributed by atoms with Crippen molar-refractivity contribution in [2.45, 2.75) is 25.4 Å². The summed E-state index contributed by atoms with van der Waals surface area (Å²) in [5.41, 5.74) is 0. The highest BCUT2D eigenvalue weighted by molar-refractivity contribution is 8.06. The molecule has 9 heteroatoms. The van der Waals surface area contributed by atoms with Gasteiger partial charge in [0.1, 0.15) is 0 Å². The van der Waals surface area contributed by atoms with Crippen molar-refractivity contribution < 1.29 is 27.9 Å². The van der Waals surface area contributed by atoms with E-state index in [0.29, 0.717) is 0 Å². The number of alkyl halides is 3. The number of hydrogen-bond donors (Lipinski definition) is 3. The van der Waals surface area contributed by atoms with E-state index < -0.39 is 19.3 Å². The molecule has 0 spiro atoms. The van der Waals surface area contributed by atoms with E-state index >= 15 is 0 Å². The molecule has 0 aliphatic carbocycles. The number of halogens is 3. The lowest BCUT2D eigenvalue weighted by molar-refractivity contribution is -0.135. The zero-order chi connectivity index (χ0) is 11.8. The third-order valence-electron chi connectivity index (χ3n) is 0.749. The average molecular weight is 251 g/mol. The molecule has 0 rings (SSSR count). The Morgan fingerprint density at radius 2 is 1.64 bits per heavy atom. The molecule has 0 amide bonds. The fraction of sp³-hybridized carbons (Fsp3) is 0.800. The SMILES string of the molecule is N#CCCCC(F)(F)F.OP(O)(O)=S. The number of nitrogens with zero attached hydrogens (tertiary/aromatic N) is 1. The lowest BCUT2D eigenvalue weighted by Crippen LogP contribution is -2.05. The van der Waals surface area contributed by atoms with Gasteiger partial charge in [-0.3, -0.25) is 0 Å². The van der Waals surface area contributed by atoms with Crippen molar-refractivity contribution in [2.24, 2.45) is 0 Å². The largest absolute Gasteiger partial charge is 0.389 e. The van der Waals surface area contributed by atoms with Gasteiger partial charge in [0.05, 0.1) is 6.07 Å². The van der Waals surface area contributed by atoms with Gasteiger partial charge in [-0.2, -0.15) is 18.4 Å². The minimum atomic E-state index is -4.10. The molecule has 0 saturated carbocycles. The van der Waals surface area contributed by atoms with Crippen molar-refractivity contribution >= 4 is 18.5 Å². The van der Waals surface area contributed by atoms with Crippen LogP contribution in [0.25, 0.3) is 0 Å². The highest BCUT2D eigenvalue weighted by Gasteiger charge is 2.25. The van der Waals surface area contributed by atoms with Crippen molar-refractivity contribution in [3.8, 4) is 6.07 Å². The van der Waals surface area contributed by atoms with Crippen molar-refractivity contribution in [3.63, 3.8) is 0 Å². The van der Waals surface area contributed by atoms with E-state index in [4.69, 9.17) is 19.9 Å². The number of hydrogen-bond acceptors (Lipinski definition) is 2. The first kappa shape index (κ1) is 16.2. The third kappa shape index (κ3) is 40.9. The Hall–Kier alpha value is -0.190. The topological polar surface area (TPSA) is 84.5 Å². The van der Waals surface area contributed by atoms with E-state index in [-0.39, 0.29) is 12.8 Å². The second-order valence-electron chi connectivity index (χ2n) is 2.14. The van der Waals surface area contributed by atoms with E-state index in [1.807, 2.05) is 0 Å². The number of unbranched alkanes of at least 4 members (excludes halogenated alkanes) is 1. The molecule has 0 aromatic rings. The molecule has 14 heavy (non-hydrogen) atoms. The van der Waals surface area contributed by atoms with Gasteiger partial charge < -0.3 is 14.7 Å². The van der Waals surface area contributed by atoms with E-state index in [0.717, 1.165) is 0 Å². The minimum absolute atomic E-state index is 0.0144. The maximum atomic E-state index is 11.3. The Kier molecular flexibility index (Phi) is 8.30. The Bertz CT molecular complexity index is 225. The van der Waals surface area contributed by atoms with Gasteiger partial charge in [0.15, 0.2) is 0 Å². The standard InChI is InChI=1S/C5H6F3N.H3O3PS/c6-5(7,8)3-1-2-4-9;1-4(2,3)5/h1-3H2;(H3,1,2,3,5). The summed E-state index contributed by atoms with van der Waals surface area (Å²) >= 11 is 3.60. The normalized spacial score (nSPS) is 11.2. The van der Waals surface area contributed by atoms with Gasteiger partial charge in [0, 0.05) is 12.8 Å². The molecule has 0 atom stereocenters. The van der Waals surface area contributed by atoms with Gasteiger partial charge in [-0.15, -0.1) is 0 Å². The van der Waals surface area contributed by atoms with Crippen LogP contribution in [0.3, 0.4) is 0 Å². The maximum Gasteiger partial charge on any atom is 0.389 e. The molecule has 0 aromatic carbocycles. The highest BCUT2D eigenvalue weighted by atomic mass is 32.5. The lowest BCUT2D eigenvalue weighted by atomic mass is 10.2. The smallest absolute Gasteiger partial charge is 0.325 e. The minimum Gasteiger partial charge on any atom is -0.325 e. The van der Waals surface area contributed by atoms with Gasteiger partial charge >= 0.3 is 12.9 Å². The summed E-state index contributed by atoms with van der Waals surface area (Å²) in [5, 5.41) is 7.85. The monoisotopic (exact) mass is 251 g/mol. The maximum absolute atomic E-state index is 11.3. The van der Waals surface area contributed by atoms with Crippen LogP contribution in [0.15, 0.2) is 0 Å². The summed E-state index contributed by atoms with van der Waals surface area (Å²) in [6.07, 6.45) is -5.04. The Labute approximate surface area is 83.9 Å². The van der Waals surface area contributed by atoms with Gasteiger partial charge in [-0.25, -0.2) is 0 Å². The Morgan fingerprint density at radius 1 is 1.29 bits per heavy atom. The zero-order valence-electron chi connectivity index (χ0n) is 6.90. The molecule has 0 fully saturated rings. The van der Waals surface area contributed by atoms with Crippen LogP contribution in [0.2, 0.25) is 0 Å². The first-order valence-corrected chi connectivity index (χ1v) is 5.94. The van der Waals surface area contributed by atoms with Crippen molar-refractivity contribution in [3.05, 3.63) is 0 Å². The average Bonchev–Trinajstić information content (AvgIpc) is 1.80. The van der Waals surface area contributed by atoms with Gasteiger partial charge in [-0.1, -0.05) is 0 Å². The molecule has 84 valence electrons. The quantitative estimate of drug-likeness (QED) is 0.510. The summed E-state index contributed by atoms with van der Waals surface area (Å²) in [6.45, 7) is -3.81. The molecule has 0 unspecified atom stereocenters. The number of nitriles is 1. The van der Waals surface area contributed by atoms with Crippen LogP contribution in [0.5, 0.6) is 0 Å². The molecule has 0 aliphatic rings. The summed E-state index contributed by atoms with van der Waals surface area (Å²) in [5.74, 6) is 0. The van der Waals surface area contributed by atoms with Gasteiger partial charge in [0.2, 0.25) is 0 Å². The Morgan fingerprint density at radius 3 is 1.86 bits per heavy atom. The first-order valence-electron chi connectivity index (χ1n) is 3.28. The van der Waals surface area contributed by atoms with E-state index in [9.17, 15) is 13.2 Å². The summed E-state index contributed by atoms with van der Waals surface area (Å²) in [6, 6.07) is 1.64. The van der Waals surface area contributed by atoms with Crippen molar-refractivity contribution in [2.75, 3.05) is 0 Å². The molecule has 0 bridgehead atoms. The molecular weight excluding hydrogens is 242 g/mol. The van der Waals surface area contributed by atoms with E-state index in [2.05, 4.69) is 11.8 Å². The summed E-state index contributed by atoms with van der Waals surface area (Å²) in [4.78, 5) is 22.7. The predicted molar refractivity (Wildman–Crippen MR) is 46.5 cm³/mol. The molecule has 0 radical (unpaired) electrons. The molecule has 4 nitrogen and oxygen atoms in total. The molecule has 0 saturated heterocycles. The van der Waals surface area contributed by atoms with Crippen LogP contribution in [-0.2, 0) is 11.8 Å². The molecule has 3 N–H and O–H groups in total. The van der Waals surface area contributed by atoms with Crippen LogP contribution < -0.4 is 0 Å². The van der Waals surface area contributed by atoms with Crippen molar-refractivity contribution in [1.82, 2.24) is 0 Å². The molecule has 0 aliphatic heterocycles. The first-order chi connectivity index (χ1) is 6.06. The highest BCUT2D eigenvalue weighted by Crippen LogP contribution is 2.26. The zero-order valence-corrected chi connectivity index (χ0v) is 8.61. The predicted octanol–water partition coefficient (Wildman–Crippen LogP) is 1.43. The molecule has 0 aromatic heterocycles. The molecular formula is C5H9F3NO3PS. The van der Waals surface area contributed by atoms with E-state index in [1.165, 1.54) is 0 Å². The van der Waals surface area contributed by atoms with Crippen LogP contribution in [0.4, 0.5) is 13.2 Å². The molecule has 0 heterocycles. The van der Waals surface area contributed by atoms with Crippen LogP contribution in [-0.4, -0.2) is 20.9 Å². The van der Waals surface area contributed by atoms with Crippen LogP contribution in [0, 0.1) is 11.3 Å². The van der Waals surface area contributed by atoms with Crippen molar-refractivity contribution in [1.29, 1.82) is 5.26 Å². The second-order valence-corrected chi connectivity index (χ2v) is 4.64. The van der Waals surface area contributed by atoms with Gasteiger partial charge in [-0.05, 0) is 18.2 Å². The third-order valence-corrected chi connectivity index (χ3v) is 0.749. The summed E-state index contributed by atoms with van der Waals surface area (Å²) < 4.78 is 33.8. The fourth-order valence-corrected chi connectivity index (χ4v) is 0.368. The summed E-state index contributed by atoms with van der Waals surface area (Å²) in [7, 11) is 0. The Balaban J connectivity index is 0. The van der Waals surface area contributed by atoms with Crippen LogP contribution in [0.1, 0.15) is 19.3 Å². The van der Waals surface area contributed by atoms with Crippen LogP contribution >= 0.6 is 6.72 Å². The lowest BCUT2D eigenvalue weighted by Gasteiger charge is -2.01. The number of rotatable bonds is 2.